The normalized spacial score (nSPS) is 18.3. The molecule has 0 spiro atoms. The Labute approximate surface area is 135 Å². The molecular formula is C17H21NO5. The summed E-state index contributed by atoms with van der Waals surface area (Å²) in [5.74, 6) is -0.0778. The largest absolute Gasteiger partial charge is 0.497 e. The van der Waals surface area contributed by atoms with Gasteiger partial charge in [0.15, 0.2) is 5.78 Å². The second-order valence-corrected chi connectivity index (χ2v) is 6.46. The fourth-order valence-corrected chi connectivity index (χ4v) is 2.40. The minimum Gasteiger partial charge on any atom is -0.497 e. The van der Waals surface area contributed by atoms with Gasteiger partial charge in [-0.05, 0) is 38.5 Å². The molecule has 0 aliphatic carbocycles. The first kappa shape index (κ1) is 17.0. The van der Waals surface area contributed by atoms with Gasteiger partial charge in [0.05, 0.1) is 13.5 Å². The summed E-state index contributed by atoms with van der Waals surface area (Å²) in [7, 11) is 1.57. The van der Waals surface area contributed by atoms with E-state index in [1.54, 1.807) is 40.0 Å². The Bertz CT molecular complexity index is 615. The number of Topliss-reactive ketones (excluding diaryl/α,β-unsaturated/α-hetero) is 1. The van der Waals surface area contributed by atoms with Crippen LogP contribution in [-0.2, 0) is 20.7 Å². The van der Waals surface area contributed by atoms with Gasteiger partial charge in [0.2, 0.25) is 5.91 Å². The van der Waals surface area contributed by atoms with Crippen LogP contribution in [0.4, 0.5) is 4.79 Å². The fraction of sp³-hybridized carbons (Fsp3) is 0.471. The lowest BCUT2D eigenvalue weighted by molar-refractivity contribution is -0.128. The quantitative estimate of drug-likeness (QED) is 0.800. The van der Waals surface area contributed by atoms with Crippen molar-refractivity contribution < 1.29 is 23.9 Å². The summed E-state index contributed by atoms with van der Waals surface area (Å²) < 4.78 is 10.3. The molecule has 1 heterocycles. The molecule has 6 nitrogen and oxygen atoms in total. The van der Waals surface area contributed by atoms with Crippen molar-refractivity contribution in [2.45, 2.75) is 45.3 Å². The van der Waals surface area contributed by atoms with E-state index in [4.69, 9.17) is 9.47 Å². The topological polar surface area (TPSA) is 72.9 Å². The summed E-state index contributed by atoms with van der Waals surface area (Å²) in [4.78, 5) is 37.3. The number of nitrogens with zero attached hydrogens (tertiary/aromatic N) is 1. The van der Waals surface area contributed by atoms with E-state index in [1.165, 1.54) is 0 Å². The number of hydrogen-bond acceptors (Lipinski definition) is 5. The number of likely N-dealkylation sites (tertiary alicyclic amines) is 1. The summed E-state index contributed by atoms with van der Waals surface area (Å²) >= 11 is 0. The van der Waals surface area contributed by atoms with E-state index in [2.05, 4.69) is 0 Å². The van der Waals surface area contributed by atoms with Gasteiger partial charge in [-0.1, -0.05) is 12.1 Å². The Morgan fingerprint density at radius 1 is 1.22 bits per heavy atom. The minimum atomic E-state index is -0.814. The number of ether oxygens (including phenoxy) is 2. The highest BCUT2D eigenvalue weighted by molar-refractivity contribution is 6.13. The number of hydrogen-bond donors (Lipinski definition) is 0. The second-order valence-electron chi connectivity index (χ2n) is 6.46. The van der Waals surface area contributed by atoms with Gasteiger partial charge < -0.3 is 9.47 Å². The van der Waals surface area contributed by atoms with Crippen LogP contribution >= 0.6 is 0 Å². The molecule has 2 rings (SSSR count). The molecule has 0 bridgehead atoms. The summed E-state index contributed by atoms with van der Waals surface area (Å²) in [5, 5.41) is 0. The van der Waals surface area contributed by atoms with Crippen LogP contribution in [0.3, 0.4) is 0 Å². The molecule has 1 unspecified atom stereocenters. The van der Waals surface area contributed by atoms with Gasteiger partial charge in [0.25, 0.3) is 0 Å². The van der Waals surface area contributed by atoms with Crippen molar-refractivity contribution in [1.29, 1.82) is 0 Å². The lowest BCUT2D eigenvalue weighted by Crippen LogP contribution is -2.44. The van der Waals surface area contributed by atoms with Gasteiger partial charge in [-0.3, -0.25) is 9.59 Å². The van der Waals surface area contributed by atoms with Crippen molar-refractivity contribution in [3.63, 3.8) is 0 Å². The molecule has 0 saturated carbocycles. The van der Waals surface area contributed by atoms with Gasteiger partial charge in [-0.15, -0.1) is 0 Å². The molecule has 2 amide bonds. The zero-order valence-electron chi connectivity index (χ0n) is 13.8. The molecule has 1 saturated heterocycles. The predicted molar refractivity (Wildman–Crippen MR) is 83.2 cm³/mol. The Hall–Kier alpha value is -2.37. The number of methoxy groups -OCH3 is 1. The second kappa shape index (κ2) is 6.40. The number of carbonyl (C=O) groups is 3. The van der Waals surface area contributed by atoms with E-state index in [1.807, 2.05) is 12.1 Å². The number of carbonyl (C=O) groups excluding carboxylic acids is 3. The zero-order chi connectivity index (χ0) is 17.2. The van der Waals surface area contributed by atoms with Crippen LogP contribution < -0.4 is 4.74 Å². The SMILES string of the molecule is COc1ccc(CC2C(=O)CC(=O)N2C(=O)OC(C)(C)C)cc1. The molecule has 0 N–H and O–H groups in total. The molecular weight excluding hydrogens is 298 g/mol. The van der Waals surface area contributed by atoms with Crippen molar-refractivity contribution in [3.05, 3.63) is 29.8 Å². The van der Waals surface area contributed by atoms with Crippen LogP contribution in [0.25, 0.3) is 0 Å². The van der Waals surface area contributed by atoms with Crippen LogP contribution in [-0.4, -0.2) is 41.4 Å². The third-order valence-corrected chi connectivity index (χ3v) is 3.46. The number of benzene rings is 1. The minimum absolute atomic E-state index is 0.264. The van der Waals surface area contributed by atoms with E-state index in [0.717, 1.165) is 10.5 Å². The Kier molecular flexibility index (Phi) is 4.73. The van der Waals surface area contributed by atoms with Crippen molar-refractivity contribution in [2.75, 3.05) is 7.11 Å². The lowest BCUT2D eigenvalue weighted by atomic mass is 10.0. The Morgan fingerprint density at radius 3 is 2.35 bits per heavy atom. The highest BCUT2D eigenvalue weighted by atomic mass is 16.6. The van der Waals surface area contributed by atoms with Crippen LogP contribution in [0.2, 0.25) is 0 Å². The Morgan fingerprint density at radius 2 is 1.83 bits per heavy atom. The number of ketones is 1. The molecule has 1 aromatic carbocycles. The first-order valence-corrected chi connectivity index (χ1v) is 7.42. The van der Waals surface area contributed by atoms with Crippen molar-refractivity contribution in [3.8, 4) is 5.75 Å². The summed E-state index contributed by atoms with van der Waals surface area (Å²) in [6.07, 6.45) is -0.764. The zero-order valence-corrected chi connectivity index (χ0v) is 13.8. The van der Waals surface area contributed by atoms with Gasteiger partial charge >= 0.3 is 6.09 Å². The maximum atomic E-state index is 12.2. The standard InChI is InChI=1S/C17H21NO5/c1-17(2,3)23-16(21)18-13(14(19)10-15(18)20)9-11-5-7-12(22-4)8-6-11/h5-8,13H,9-10H2,1-4H3. The van der Waals surface area contributed by atoms with Crippen molar-refractivity contribution >= 4 is 17.8 Å². The predicted octanol–water partition coefficient (Wildman–Crippen LogP) is 2.34. The van der Waals surface area contributed by atoms with Crippen molar-refractivity contribution in [1.82, 2.24) is 4.90 Å². The van der Waals surface area contributed by atoms with Crippen molar-refractivity contribution in [2.24, 2.45) is 0 Å². The molecule has 124 valence electrons. The lowest BCUT2D eigenvalue weighted by Gasteiger charge is -2.26. The molecule has 1 aromatic rings. The third-order valence-electron chi connectivity index (χ3n) is 3.46. The maximum Gasteiger partial charge on any atom is 0.417 e. The molecule has 0 radical (unpaired) electrons. The first-order valence-electron chi connectivity index (χ1n) is 7.42. The van der Waals surface area contributed by atoms with Crippen LogP contribution in [0, 0.1) is 0 Å². The summed E-state index contributed by atoms with van der Waals surface area (Å²) in [6.45, 7) is 5.14. The molecule has 1 aliphatic heterocycles. The van der Waals surface area contributed by atoms with E-state index in [9.17, 15) is 14.4 Å². The molecule has 0 aromatic heterocycles. The number of rotatable bonds is 3. The molecule has 1 fully saturated rings. The molecule has 1 aliphatic rings. The van der Waals surface area contributed by atoms with E-state index >= 15 is 0 Å². The first-order chi connectivity index (χ1) is 10.7. The highest BCUT2D eigenvalue weighted by Gasteiger charge is 2.44. The number of imide groups is 1. The van der Waals surface area contributed by atoms with Gasteiger partial charge in [-0.2, -0.15) is 0 Å². The van der Waals surface area contributed by atoms with Gasteiger partial charge in [0, 0.05) is 6.42 Å². The van der Waals surface area contributed by atoms with Crippen LogP contribution in [0.5, 0.6) is 5.75 Å². The summed E-state index contributed by atoms with van der Waals surface area (Å²) in [6, 6.07) is 6.35. The smallest absolute Gasteiger partial charge is 0.417 e. The molecule has 6 heteroatoms. The summed E-state index contributed by atoms with van der Waals surface area (Å²) in [5.41, 5.74) is 0.112. The monoisotopic (exact) mass is 319 g/mol. The van der Waals surface area contributed by atoms with E-state index in [0.29, 0.717) is 5.75 Å². The van der Waals surface area contributed by atoms with E-state index in [-0.39, 0.29) is 18.6 Å². The average Bonchev–Trinajstić information content (AvgIpc) is 2.72. The maximum absolute atomic E-state index is 12.2. The molecule has 23 heavy (non-hydrogen) atoms. The van der Waals surface area contributed by atoms with Gasteiger partial charge in [-0.25, -0.2) is 9.69 Å². The van der Waals surface area contributed by atoms with E-state index < -0.39 is 23.6 Å². The average molecular weight is 319 g/mol. The molecule has 1 atom stereocenters. The Balaban J connectivity index is 2.17. The van der Waals surface area contributed by atoms with Crippen LogP contribution in [0.1, 0.15) is 32.8 Å². The van der Waals surface area contributed by atoms with Gasteiger partial charge in [0.1, 0.15) is 17.4 Å². The highest BCUT2D eigenvalue weighted by Crippen LogP contribution is 2.23. The van der Waals surface area contributed by atoms with Crippen LogP contribution in [0.15, 0.2) is 24.3 Å². The fourth-order valence-electron chi connectivity index (χ4n) is 2.40. The third kappa shape index (κ3) is 4.09. The number of amides is 2.